The van der Waals surface area contributed by atoms with E-state index >= 15 is 0 Å². The molecule has 6 nitrogen and oxygen atoms in total. The highest BCUT2D eigenvalue weighted by molar-refractivity contribution is 5.75. The van der Waals surface area contributed by atoms with Crippen LogP contribution in [0, 0.1) is 0 Å². The lowest BCUT2D eigenvalue weighted by molar-refractivity contribution is -0.130. The van der Waals surface area contributed by atoms with Gasteiger partial charge in [0.25, 0.3) is 0 Å². The number of carbonyl (C=O) groups excluding carboxylic acids is 1. The quantitative estimate of drug-likeness (QED) is 0.839. The van der Waals surface area contributed by atoms with Crippen LogP contribution in [0.3, 0.4) is 0 Å². The van der Waals surface area contributed by atoms with Gasteiger partial charge in [-0.25, -0.2) is 4.98 Å². The predicted molar refractivity (Wildman–Crippen MR) is 92.2 cm³/mol. The second-order valence-electron chi connectivity index (χ2n) is 6.34. The smallest absolute Gasteiger partial charge is 0.222 e. The normalized spacial score (nSPS) is 14.5. The van der Waals surface area contributed by atoms with Crippen molar-refractivity contribution in [3.8, 4) is 0 Å². The molecule has 0 bridgehead atoms. The first-order valence-electron chi connectivity index (χ1n) is 8.56. The van der Waals surface area contributed by atoms with Crippen LogP contribution in [0.2, 0.25) is 0 Å². The molecule has 1 aliphatic rings. The van der Waals surface area contributed by atoms with E-state index in [0.29, 0.717) is 6.42 Å². The summed E-state index contributed by atoms with van der Waals surface area (Å²) < 4.78 is 2.28. The van der Waals surface area contributed by atoms with Crippen molar-refractivity contribution in [2.24, 2.45) is 0 Å². The third-order valence-corrected chi connectivity index (χ3v) is 4.48. The van der Waals surface area contributed by atoms with Crippen LogP contribution < -0.4 is 0 Å². The van der Waals surface area contributed by atoms with Crippen molar-refractivity contribution in [3.63, 3.8) is 0 Å². The minimum atomic E-state index is 0.232. The van der Waals surface area contributed by atoms with Crippen LogP contribution in [0.5, 0.6) is 0 Å². The van der Waals surface area contributed by atoms with Crippen LogP contribution >= 0.6 is 0 Å². The highest BCUT2D eigenvalue weighted by atomic mass is 16.2. The number of carbonyl (C=O) groups is 1. The Labute approximate surface area is 143 Å². The molecule has 0 saturated heterocycles. The molecule has 24 heavy (non-hydrogen) atoms. The maximum absolute atomic E-state index is 11.9. The molecule has 0 unspecified atom stereocenters. The van der Waals surface area contributed by atoms with Gasteiger partial charge in [0.05, 0.1) is 5.69 Å². The predicted octanol–water partition coefficient (Wildman–Crippen LogP) is 1.70. The first kappa shape index (κ1) is 16.6. The zero-order valence-corrected chi connectivity index (χ0v) is 14.5. The van der Waals surface area contributed by atoms with E-state index < -0.39 is 0 Å². The topological polar surface area (TPSA) is 54.3 Å². The summed E-state index contributed by atoms with van der Waals surface area (Å²) in [4.78, 5) is 24.9. The number of aromatic nitrogens is 3. The van der Waals surface area contributed by atoms with Gasteiger partial charge < -0.3 is 9.47 Å². The van der Waals surface area contributed by atoms with Crippen LogP contribution in [0.4, 0.5) is 0 Å². The highest BCUT2D eigenvalue weighted by Gasteiger charge is 2.20. The Balaban J connectivity index is 1.65. The fourth-order valence-corrected chi connectivity index (χ4v) is 3.23. The van der Waals surface area contributed by atoms with Gasteiger partial charge in [-0.2, -0.15) is 0 Å². The van der Waals surface area contributed by atoms with Gasteiger partial charge in [0, 0.05) is 64.2 Å². The van der Waals surface area contributed by atoms with Crippen LogP contribution in [0.25, 0.3) is 0 Å². The summed E-state index contributed by atoms with van der Waals surface area (Å²) in [6.45, 7) is 5.99. The molecule has 6 heteroatoms. The molecule has 3 rings (SSSR count). The van der Waals surface area contributed by atoms with Crippen molar-refractivity contribution < 1.29 is 4.79 Å². The Morgan fingerprint density at radius 3 is 2.88 bits per heavy atom. The molecular weight excluding hydrogens is 302 g/mol. The second-order valence-corrected chi connectivity index (χ2v) is 6.34. The Bertz CT molecular complexity index is 682. The lowest BCUT2D eigenvalue weighted by Crippen LogP contribution is -2.33. The van der Waals surface area contributed by atoms with Crippen LogP contribution in [0.15, 0.2) is 30.7 Å². The molecule has 0 N–H and O–H groups in total. The molecule has 0 spiro atoms. The van der Waals surface area contributed by atoms with Gasteiger partial charge in [0.15, 0.2) is 0 Å². The molecule has 0 aliphatic carbocycles. The lowest BCUT2D eigenvalue weighted by atomic mass is 10.2. The van der Waals surface area contributed by atoms with Crippen molar-refractivity contribution in [1.82, 2.24) is 24.3 Å². The minimum absolute atomic E-state index is 0.232. The molecule has 0 saturated carbocycles. The molecule has 0 aromatic carbocycles. The summed E-state index contributed by atoms with van der Waals surface area (Å²) in [7, 11) is 2.11. The van der Waals surface area contributed by atoms with Crippen LogP contribution in [-0.4, -0.2) is 50.4 Å². The van der Waals surface area contributed by atoms with Crippen LogP contribution in [0.1, 0.15) is 30.4 Å². The third kappa shape index (κ3) is 3.82. The number of nitrogens with zero attached hydrogens (tertiary/aromatic N) is 5. The third-order valence-electron chi connectivity index (χ3n) is 4.48. The van der Waals surface area contributed by atoms with E-state index in [1.54, 1.807) is 6.20 Å². The Hall–Kier alpha value is -2.21. The number of amides is 1. The number of rotatable bonds is 5. The van der Waals surface area contributed by atoms with Gasteiger partial charge in [-0.1, -0.05) is 13.0 Å². The maximum atomic E-state index is 11.9. The molecular formula is C18H25N5O. The zero-order chi connectivity index (χ0) is 16.9. The minimum Gasteiger partial charge on any atom is -0.340 e. The van der Waals surface area contributed by atoms with E-state index in [-0.39, 0.29) is 5.91 Å². The Morgan fingerprint density at radius 1 is 1.25 bits per heavy atom. The summed E-state index contributed by atoms with van der Waals surface area (Å²) in [5, 5.41) is 0. The Kier molecular flexibility index (Phi) is 5.25. The standard InChI is InChI=1S/C18H25N5O/c1-3-18(24)22-8-6-17-20-12-16(23(17)10-9-22)14-21(2)13-15-5-4-7-19-11-15/h4-5,7,11-12H,3,6,8-10,13-14H2,1-2H3. The van der Waals surface area contributed by atoms with Gasteiger partial charge in [-0.3, -0.25) is 14.7 Å². The van der Waals surface area contributed by atoms with E-state index in [9.17, 15) is 4.79 Å². The number of fused-ring (bicyclic) bond motifs is 1. The first-order chi connectivity index (χ1) is 11.7. The lowest BCUT2D eigenvalue weighted by Gasteiger charge is -2.20. The van der Waals surface area contributed by atoms with Gasteiger partial charge in [-0.05, 0) is 18.7 Å². The fourth-order valence-electron chi connectivity index (χ4n) is 3.23. The van der Waals surface area contributed by atoms with Gasteiger partial charge >= 0.3 is 0 Å². The molecule has 0 atom stereocenters. The van der Waals surface area contributed by atoms with E-state index in [4.69, 9.17) is 0 Å². The second kappa shape index (κ2) is 7.57. The van der Waals surface area contributed by atoms with Crippen molar-refractivity contribution in [3.05, 3.63) is 47.8 Å². The largest absolute Gasteiger partial charge is 0.340 e. The van der Waals surface area contributed by atoms with Crippen molar-refractivity contribution >= 4 is 5.91 Å². The molecule has 2 aromatic heterocycles. The average Bonchev–Trinajstić information content (AvgIpc) is 2.84. The molecule has 1 aliphatic heterocycles. The van der Waals surface area contributed by atoms with E-state index in [1.807, 2.05) is 30.3 Å². The summed E-state index contributed by atoms with van der Waals surface area (Å²) in [5.74, 6) is 1.32. The molecule has 2 aromatic rings. The fraction of sp³-hybridized carbons (Fsp3) is 0.500. The average molecular weight is 327 g/mol. The summed E-state index contributed by atoms with van der Waals surface area (Å²) >= 11 is 0. The number of hydrogen-bond donors (Lipinski definition) is 0. The SMILES string of the molecule is CCC(=O)N1CCc2ncc(CN(C)Cc3cccnc3)n2CC1. The molecule has 0 fully saturated rings. The molecule has 0 radical (unpaired) electrons. The first-order valence-corrected chi connectivity index (χ1v) is 8.56. The number of imidazole rings is 1. The summed E-state index contributed by atoms with van der Waals surface area (Å²) in [6, 6.07) is 4.06. The monoisotopic (exact) mass is 327 g/mol. The van der Waals surface area contributed by atoms with Gasteiger partial charge in [0.2, 0.25) is 5.91 Å². The molecule has 1 amide bonds. The van der Waals surface area contributed by atoms with E-state index in [1.165, 1.54) is 11.3 Å². The van der Waals surface area contributed by atoms with Crippen molar-refractivity contribution in [2.75, 3.05) is 20.1 Å². The van der Waals surface area contributed by atoms with Crippen molar-refractivity contribution in [2.45, 2.75) is 39.4 Å². The van der Waals surface area contributed by atoms with E-state index in [0.717, 1.165) is 45.0 Å². The molecule has 128 valence electrons. The van der Waals surface area contributed by atoms with Crippen molar-refractivity contribution in [1.29, 1.82) is 0 Å². The van der Waals surface area contributed by atoms with Gasteiger partial charge in [0.1, 0.15) is 5.82 Å². The Morgan fingerprint density at radius 2 is 2.12 bits per heavy atom. The zero-order valence-electron chi connectivity index (χ0n) is 14.5. The van der Waals surface area contributed by atoms with Gasteiger partial charge in [-0.15, -0.1) is 0 Å². The maximum Gasteiger partial charge on any atom is 0.222 e. The summed E-state index contributed by atoms with van der Waals surface area (Å²) in [6.07, 6.45) is 7.08. The van der Waals surface area contributed by atoms with Crippen LogP contribution in [-0.2, 0) is 30.8 Å². The highest BCUT2D eigenvalue weighted by Crippen LogP contribution is 2.14. The number of pyridine rings is 1. The van der Waals surface area contributed by atoms with E-state index in [2.05, 4.69) is 32.5 Å². The summed E-state index contributed by atoms with van der Waals surface area (Å²) in [5.41, 5.74) is 2.41. The number of hydrogen-bond acceptors (Lipinski definition) is 4. The molecule has 3 heterocycles.